The number of rotatable bonds is 3. The molecule has 0 unspecified atom stereocenters. The molecule has 1 aromatic carbocycles. The SMILES string of the molecule is Cc1cnc(C(=O)Cc2cc(F)cc(Br)c2)c(C)c1. The Bertz CT molecular complexity index is 620. The van der Waals surface area contributed by atoms with Gasteiger partial charge in [-0.25, -0.2) is 4.39 Å². The van der Waals surface area contributed by atoms with Gasteiger partial charge in [0.05, 0.1) is 0 Å². The fourth-order valence-electron chi connectivity index (χ4n) is 1.99. The first-order valence-corrected chi connectivity index (χ1v) is 6.66. The number of ketones is 1. The Kier molecular flexibility index (Phi) is 4.10. The highest BCUT2D eigenvalue weighted by molar-refractivity contribution is 9.10. The van der Waals surface area contributed by atoms with Crippen molar-refractivity contribution < 1.29 is 9.18 Å². The van der Waals surface area contributed by atoms with E-state index in [2.05, 4.69) is 20.9 Å². The molecule has 0 amide bonds. The topological polar surface area (TPSA) is 30.0 Å². The van der Waals surface area contributed by atoms with Gasteiger partial charge in [0, 0.05) is 17.1 Å². The molecule has 0 aliphatic carbocycles. The summed E-state index contributed by atoms with van der Waals surface area (Å²) < 4.78 is 13.9. The Labute approximate surface area is 119 Å². The van der Waals surface area contributed by atoms with Crippen LogP contribution in [0.2, 0.25) is 0 Å². The molecule has 2 rings (SSSR count). The van der Waals surface area contributed by atoms with E-state index < -0.39 is 0 Å². The smallest absolute Gasteiger partial charge is 0.185 e. The lowest BCUT2D eigenvalue weighted by Crippen LogP contribution is -2.08. The summed E-state index contributed by atoms with van der Waals surface area (Å²) in [7, 11) is 0. The number of aromatic nitrogens is 1. The lowest BCUT2D eigenvalue weighted by atomic mass is 10.0. The van der Waals surface area contributed by atoms with Crippen LogP contribution in [0.25, 0.3) is 0 Å². The van der Waals surface area contributed by atoms with Gasteiger partial charge in [0.2, 0.25) is 0 Å². The molecule has 0 aliphatic heterocycles. The van der Waals surface area contributed by atoms with Crippen LogP contribution in [0.3, 0.4) is 0 Å². The second kappa shape index (κ2) is 5.61. The third-order valence-corrected chi connectivity index (χ3v) is 3.22. The molecule has 1 aromatic heterocycles. The fraction of sp³-hybridized carbons (Fsp3) is 0.200. The fourth-order valence-corrected chi connectivity index (χ4v) is 2.50. The lowest BCUT2D eigenvalue weighted by Gasteiger charge is -2.06. The number of aryl methyl sites for hydroxylation is 2. The molecule has 2 nitrogen and oxygen atoms in total. The van der Waals surface area contributed by atoms with Gasteiger partial charge >= 0.3 is 0 Å². The first kappa shape index (κ1) is 13.9. The molecule has 0 bridgehead atoms. The maximum absolute atomic E-state index is 13.3. The Balaban J connectivity index is 2.25. The molecule has 0 saturated carbocycles. The van der Waals surface area contributed by atoms with Crippen LogP contribution in [0.15, 0.2) is 34.9 Å². The minimum atomic E-state index is -0.356. The maximum Gasteiger partial charge on any atom is 0.185 e. The average molecular weight is 322 g/mol. The summed E-state index contributed by atoms with van der Waals surface area (Å²) in [6, 6.07) is 6.39. The van der Waals surface area contributed by atoms with Crippen molar-refractivity contribution in [2.24, 2.45) is 0 Å². The van der Waals surface area contributed by atoms with E-state index in [0.717, 1.165) is 11.1 Å². The minimum Gasteiger partial charge on any atom is -0.292 e. The highest BCUT2D eigenvalue weighted by Gasteiger charge is 2.12. The molecule has 4 heteroatoms. The molecule has 0 N–H and O–H groups in total. The van der Waals surface area contributed by atoms with Crippen LogP contribution in [0.5, 0.6) is 0 Å². The number of halogens is 2. The van der Waals surface area contributed by atoms with Gasteiger partial charge in [0.25, 0.3) is 0 Å². The number of carbonyl (C=O) groups excluding carboxylic acids is 1. The van der Waals surface area contributed by atoms with Gasteiger partial charge in [-0.05, 0) is 48.7 Å². The highest BCUT2D eigenvalue weighted by Crippen LogP contribution is 2.17. The van der Waals surface area contributed by atoms with Crippen LogP contribution >= 0.6 is 15.9 Å². The molecule has 0 atom stereocenters. The van der Waals surface area contributed by atoms with Crippen molar-refractivity contribution in [1.29, 1.82) is 0 Å². The molecule has 0 aliphatic rings. The number of hydrogen-bond acceptors (Lipinski definition) is 2. The van der Waals surface area contributed by atoms with Gasteiger partial charge in [-0.3, -0.25) is 9.78 Å². The maximum atomic E-state index is 13.3. The van der Waals surface area contributed by atoms with Crippen LogP contribution in [-0.2, 0) is 6.42 Å². The van der Waals surface area contributed by atoms with Gasteiger partial charge in [0.15, 0.2) is 5.78 Å². The first-order valence-electron chi connectivity index (χ1n) is 5.87. The predicted octanol–water partition coefficient (Wildman–Crippen LogP) is 4.03. The molecule has 98 valence electrons. The second-order valence-electron chi connectivity index (χ2n) is 4.56. The summed E-state index contributed by atoms with van der Waals surface area (Å²) in [5.41, 5.74) is 2.95. The highest BCUT2D eigenvalue weighted by atomic mass is 79.9. The van der Waals surface area contributed by atoms with E-state index in [1.165, 1.54) is 12.1 Å². The van der Waals surface area contributed by atoms with Crippen LogP contribution < -0.4 is 0 Å². The Morgan fingerprint density at radius 3 is 2.63 bits per heavy atom. The van der Waals surface area contributed by atoms with E-state index in [4.69, 9.17) is 0 Å². The van der Waals surface area contributed by atoms with Gasteiger partial charge in [0.1, 0.15) is 11.5 Å². The Morgan fingerprint density at radius 2 is 2.00 bits per heavy atom. The van der Waals surface area contributed by atoms with Crippen molar-refractivity contribution in [3.8, 4) is 0 Å². The van der Waals surface area contributed by atoms with Gasteiger partial charge in [-0.2, -0.15) is 0 Å². The van der Waals surface area contributed by atoms with E-state index >= 15 is 0 Å². The Hall–Kier alpha value is -1.55. The molecule has 1 heterocycles. The summed E-state index contributed by atoms with van der Waals surface area (Å²) >= 11 is 3.22. The molecule has 19 heavy (non-hydrogen) atoms. The van der Waals surface area contributed by atoms with E-state index in [0.29, 0.717) is 15.7 Å². The van der Waals surface area contributed by atoms with E-state index in [-0.39, 0.29) is 18.0 Å². The van der Waals surface area contributed by atoms with Crippen molar-refractivity contribution in [2.75, 3.05) is 0 Å². The summed E-state index contributed by atoms with van der Waals surface area (Å²) in [5.74, 6) is -0.458. The second-order valence-corrected chi connectivity index (χ2v) is 5.47. The number of nitrogens with zero attached hydrogens (tertiary/aromatic N) is 1. The first-order chi connectivity index (χ1) is 8.95. The third-order valence-electron chi connectivity index (χ3n) is 2.77. The monoisotopic (exact) mass is 321 g/mol. The van der Waals surface area contributed by atoms with E-state index in [1.54, 1.807) is 12.3 Å². The number of benzene rings is 1. The van der Waals surface area contributed by atoms with Crippen molar-refractivity contribution in [3.05, 3.63) is 63.1 Å². The number of pyridine rings is 1. The van der Waals surface area contributed by atoms with Crippen LogP contribution in [-0.4, -0.2) is 10.8 Å². The summed E-state index contributed by atoms with van der Waals surface area (Å²) in [4.78, 5) is 16.3. The molecule has 0 radical (unpaired) electrons. The van der Waals surface area contributed by atoms with Crippen LogP contribution in [0.4, 0.5) is 4.39 Å². The standard InChI is InChI=1S/C15H13BrFNO/c1-9-3-10(2)15(18-8-9)14(19)6-11-4-12(16)7-13(17)5-11/h3-5,7-8H,6H2,1-2H3. The van der Waals surface area contributed by atoms with Crippen molar-refractivity contribution >= 4 is 21.7 Å². The van der Waals surface area contributed by atoms with Crippen molar-refractivity contribution in [2.45, 2.75) is 20.3 Å². The number of hydrogen-bond donors (Lipinski definition) is 0. The van der Waals surface area contributed by atoms with E-state index in [1.807, 2.05) is 19.9 Å². The zero-order valence-electron chi connectivity index (χ0n) is 10.7. The van der Waals surface area contributed by atoms with Crippen LogP contribution in [0, 0.1) is 19.7 Å². The molecule has 0 saturated heterocycles. The summed E-state index contributed by atoms with van der Waals surface area (Å²) in [6.07, 6.45) is 1.81. The summed E-state index contributed by atoms with van der Waals surface area (Å²) in [5, 5.41) is 0. The lowest BCUT2D eigenvalue weighted by molar-refractivity contribution is 0.0987. The summed E-state index contributed by atoms with van der Waals surface area (Å²) in [6.45, 7) is 3.78. The van der Waals surface area contributed by atoms with Gasteiger partial charge in [-0.15, -0.1) is 0 Å². The minimum absolute atomic E-state index is 0.102. The molecular formula is C15H13BrFNO. The normalized spacial score (nSPS) is 10.5. The quantitative estimate of drug-likeness (QED) is 0.799. The number of carbonyl (C=O) groups is 1. The number of Topliss-reactive ketones (excluding diaryl/α,β-unsaturated/α-hetero) is 1. The molecular weight excluding hydrogens is 309 g/mol. The molecule has 0 fully saturated rings. The van der Waals surface area contributed by atoms with Crippen LogP contribution in [0.1, 0.15) is 27.2 Å². The molecule has 0 spiro atoms. The average Bonchev–Trinajstić information content (AvgIpc) is 2.26. The Morgan fingerprint density at radius 1 is 1.26 bits per heavy atom. The largest absolute Gasteiger partial charge is 0.292 e. The predicted molar refractivity (Wildman–Crippen MR) is 75.8 cm³/mol. The zero-order valence-corrected chi connectivity index (χ0v) is 12.3. The van der Waals surface area contributed by atoms with Gasteiger partial charge < -0.3 is 0 Å². The zero-order chi connectivity index (χ0) is 14.0. The van der Waals surface area contributed by atoms with Gasteiger partial charge in [-0.1, -0.05) is 22.0 Å². The van der Waals surface area contributed by atoms with Crippen molar-refractivity contribution in [1.82, 2.24) is 4.98 Å². The van der Waals surface area contributed by atoms with Crippen molar-refractivity contribution in [3.63, 3.8) is 0 Å². The third kappa shape index (κ3) is 3.47. The van der Waals surface area contributed by atoms with E-state index in [9.17, 15) is 9.18 Å². The molecule has 2 aromatic rings.